The van der Waals surface area contributed by atoms with Crippen LogP contribution >= 0.6 is 0 Å². The van der Waals surface area contributed by atoms with E-state index in [4.69, 9.17) is 28.0 Å². The molecule has 0 aromatic heterocycles. The number of aliphatic hydroxyl groups excluding tert-OH is 1. The van der Waals surface area contributed by atoms with Gasteiger partial charge in [0.2, 0.25) is 0 Å². The van der Waals surface area contributed by atoms with Crippen molar-refractivity contribution >= 4 is 16.1 Å². The Morgan fingerprint density at radius 3 is 2.12 bits per heavy atom. The highest BCUT2D eigenvalue weighted by atomic mass is 32.3. The molecule has 0 saturated carbocycles. The molecule has 5 N–H and O–H groups in total. The zero-order valence-electron chi connectivity index (χ0n) is 9.36. The Labute approximate surface area is 99.4 Å². The molecule has 0 heterocycles. The van der Waals surface area contributed by atoms with Crippen LogP contribution in [-0.2, 0) is 10.4 Å². The molecule has 0 amide bonds. The van der Waals surface area contributed by atoms with Gasteiger partial charge in [0.1, 0.15) is 5.75 Å². The Bertz CT molecular complexity index is 449. The summed E-state index contributed by atoms with van der Waals surface area (Å²) in [6.07, 6.45) is -0.488. The first kappa shape index (κ1) is 15.7. The van der Waals surface area contributed by atoms with Gasteiger partial charge in [0.25, 0.3) is 0 Å². The Morgan fingerprint density at radius 1 is 1.35 bits per heavy atom. The lowest BCUT2D eigenvalue weighted by molar-refractivity contribution is 0.199. The molecule has 98 valence electrons. The minimum atomic E-state index is -4.67. The van der Waals surface area contributed by atoms with Crippen LogP contribution in [0.1, 0.15) is 18.6 Å². The van der Waals surface area contributed by atoms with E-state index in [0.29, 0.717) is 11.4 Å². The van der Waals surface area contributed by atoms with Crippen LogP contribution in [0, 0.1) is 0 Å². The van der Waals surface area contributed by atoms with Crippen LogP contribution in [0.15, 0.2) is 18.2 Å². The molecule has 0 aliphatic carbocycles. The first-order valence-corrected chi connectivity index (χ1v) is 5.86. The molecule has 1 unspecified atom stereocenters. The second-order valence-electron chi connectivity index (χ2n) is 3.13. The number of rotatable bonds is 2. The fourth-order valence-electron chi connectivity index (χ4n) is 1.01. The molecule has 0 spiro atoms. The normalized spacial score (nSPS) is 12.3. The number of ether oxygens (including phenoxy) is 1. The lowest BCUT2D eigenvalue weighted by Gasteiger charge is -2.08. The lowest BCUT2D eigenvalue weighted by Crippen LogP contribution is -1.96. The second kappa shape index (κ2) is 6.40. The average Bonchev–Trinajstić information content (AvgIpc) is 2.14. The molecule has 0 aliphatic rings. The third-order valence-corrected chi connectivity index (χ3v) is 1.74. The number of hydrogen-bond acceptors (Lipinski definition) is 5. The van der Waals surface area contributed by atoms with E-state index in [1.165, 1.54) is 0 Å². The average molecular weight is 265 g/mol. The largest absolute Gasteiger partial charge is 0.495 e. The van der Waals surface area contributed by atoms with Crippen molar-refractivity contribution in [3.63, 3.8) is 0 Å². The van der Waals surface area contributed by atoms with Gasteiger partial charge in [0, 0.05) is 0 Å². The van der Waals surface area contributed by atoms with Gasteiger partial charge in [0.05, 0.1) is 18.9 Å². The summed E-state index contributed by atoms with van der Waals surface area (Å²) < 4.78 is 36.6. The maximum atomic E-state index is 9.22. The Balaban J connectivity index is 0.000000437. The van der Waals surface area contributed by atoms with E-state index in [-0.39, 0.29) is 0 Å². The zero-order chi connectivity index (χ0) is 13.6. The van der Waals surface area contributed by atoms with Crippen molar-refractivity contribution in [2.45, 2.75) is 13.0 Å². The van der Waals surface area contributed by atoms with Gasteiger partial charge in [-0.1, -0.05) is 6.07 Å². The Hall–Kier alpha value is -1.35. The SMILES string of the molecule is COc1ccc(C(C)O)cc1N.O=S(=O)(O)O. The summed E-state index contributed by atoms with van der Waals surface area (Å²) in [6.45, 7) is 1.70. The molecule has 1 atom stereocenters. The molecule has 0 bridgehead atoms. The molecule has 1 rings (SSSR count). The van der Waals surface area contributed by atoms with Crippen molar-refractivity contribution in [2.24, 2.45) is 0 Å². The van der Waals surface area contributed by atoms with Gasteiger partial charge in [-0.25, -0.2) is 0 Å². The van der Waals surface area contributed by atoms with E-state index in [2.05, 4.69) is 0 Å². The molecular weight excluding hydrogens is 250 g/mol. The Morgan fingerprint density at radius 2 is 1.82 bits per heavy atom. The molecule has 17 heavy (non-hydrogen) atoms. The van der Waals surface area contributed by atoms with Crippen LogP contribution in [0.4, 0.5) is 5.69 Å². The highest BCUT2D eigenvalue weighted by Crippen LogP contribution is 2.24. The molecule has 0 saturated heterocycles. The maximum absolute atomic E-state index is 9.22. The van der Waals surface area contributed by atoms with Crippen molar-refractivity contribution < 1.29 is 27.4 Å². The van der Waals surface area contributed by atoms with Crippen molar-refractivity contribution in [3.05, 3.63) is 23.8 Å². The van der Waals surface area contributed by atoms with Crippen LogP contribution in [0.25, 0.3) is 0 Å². The van der Waals surface area contributed by atoms with Crippen LogP contribution in [0.5, 0.6) is 5.75 Å². The van der Waals surface area contributed by atoms with Crippen molar-refractivity contribution in [3.8, 4) is 5.75 Å². The van der Waals surface area contributed by atoms with E-state index in [1.54, 1.807) is 32.2 Å². The number of methoxy groups -OCH3 is 1. The third-order valence-electron chi connectivity index (χ3n) is 1.74. The first-order chi connectivity index (χ1) is 7.65. The molecule has 0 fully saturated rings. The summed E-state index contributed by atoms with van der Waals surface area (Å²) in [7, 11) is -3.10. The van der Waals surface area contributed by atoms with Crippen molar-refractivity contribution in [1.29, 1.82) is 0 Å². The zero-order valence-corrected chi connectivity index (χ0v) is 10.2. The minimum Gasteiger partial charge on any atom is -0.495 e. The summed E-state index contributed by atoms with van der Waals surface area (Å²) in [5.41, 5.74) is 6.98. The Kier molecular flexibility index (Phi) is 5.89. The number of hydrogen-bond donors (Lipinski definition) is 4. The van der Waals surface area contributed by atoms with Crippen LogP contribution in [0.3, 0.4) is 0 Å². The molecule has 8 heteroatoms. The smallest absolute Gasteiger partial charge is 0.394 e. The predicted molar refractivity (Wildman–Crippen MR) is 62.2 cm³/mol. The topological polar surface area (TPSA) is 130 Å². The summed E-state index contributed by atoms with van der Waals surface area (Å²) >= 11 is 0. The van der Waals surface area contributed by atoms with Crippen LogP contribution in [-0.4, -0.2) is 29.7 Å². The first-order valence-electron chi connectivity index (χ1n) is 4.46. The number of benzene rings is 1. The van der Waals surface area contributed by atoms with Gasteiger partial charge in [-0.2, -0.15) is 8.42 Å². The van der Waals surface area contributed by atoms with E-state index in [1.807, 2.05) is 0 Å². The molecule has 0 aliphatic heterocycles. The number of nitrogen functional groups attached to an aromatic ring is 1. The second-order valence-corrected chi connectivity index (χ2v) is 4.02. The number of nitrogens with two attached hydrogens (primary N) is 1. The van der Waals surface area contributed by atoms with Crippen LogP contribution < -0.4 is 10.5 Å². The fourth-order valence-corrected chi connectivity index (χ4v) is 1.01. The molecular formula is C9H15NO6S. The van der Waals surface area contributed by atoms with E-state index >= 15 is 0 Å². The minimum absolute atomic E-state index is 0.488. The van der Waals surface area contributed by atoms with Crippen molar-refractivity contribution in [1.82, 2.24) is 0 Å². The molecule has 0 radical (unpaired) electrons. The standard InChI is InChI=1S/C9H13NO2.H2O4S/c1-6(11)7-3-4-9(12-2)8(10)5-7;1-5(2,3)4/h3-6,11H,10H2,1-2H3;(H2,1,2,3,4). The lowest BCUT2D eigenvalue weighted by atomic mass is 10.1. The summed E-state index contributed by atoms with van der Waals surface area (Å²) in [4.78, 5) is 0. The summed E-state index contributed by atoms with van der Waals surface area (Å²) in [5.74, 6) is 0.638. The van der Waals surface area contributed by atoms with Gasteiger partial charge >= 0.3 is 10.4 Å². The number of anilines is 1. The monoisotopic (exact) mass is 265 g/mol. The van der Waals surface area contributed by atoms with Gasteiger partial charge in [-0.05, 0) is 24.6 Å². The van der Waals surface area contributed by atoms with Gasteiger partial charge in [-0.15, -0.1) is 0 Å². The molecule has 1 aromatic carbocycles. The summed E-state index contributed by atoms with van der Waals surface area (Å²) in [6, 6.07) is 5.25. The van der Waals surface area contributed by atoms with Crippen molar-refractivity contribution in [2.75, 3.05) is 12.8 Å². The molecule has 7 nitrogen and oxygen atoms in total. The van der Waals surface area contributed by atoms with Gasteiger partial charge in [0.15, 0.2) is 0 Å². The van der Waals surface area contributed by atoms with E-state index in [0.717, 1.165) is 5.56 Å². The summed E-state index contributed by atoms with van der Waals surface area (Å²) in [5, 5.41) is 9.22. The van der Waals surface area contributed by atoms with Gasteiger partial charge < -0.3 is 15.6 Å². The van der Waals surface area contributed by atoms with Gasteiger partial charge in [-0.3, -0.25) is 9.11 Å². The van der Waals surface area contributed by atoms with E-state index < -0.39 is 16.5 Å². The predicted octanol–water partition coefficient (Wildman–Crippen LogP) is 0.678. The third kappa shape index (κ3) is 7.53. The molecule has 1 aromatic rings. The fraction of sp³-hybridized carbons (Fsp3) is 0.333. The number of aliphatic hydroxyl groups is 1. The maximum Gasteiger partial charge on any atom is 0.394 e. The quantitative estimate of drug-likeness (QED) is 0.457. The highest BCUT2D eigenvalue weighted by Gasteiger charge is 2.03. The van der Waals surface area contributed by atoms with E-state index in [9.17, 15) is 5.11 Å². The van der Waals surface area contributed by atoms with Crippen LogP contribution in [0.2, 0.25) is 0 Å². The highest BCUT2D eigenvalue weighted by molar-refractivity contribution is 7.79.